The zero-order valence-corrected chi connectivity index (χ0v) is 22.6. The molecular weight excluding hydrogens is 510 g/mol. The molecule has 1 aliphatic heterocycles. The first-order valence-electron chi connectivity index (χ1n) is 12.0. The van der Waals surface area contributed by atoms with Gasteiger partial charge in [0.05, 0.1) is 6.10 Å². The van der Waals surface area contributed by atoms with Crippen molar-refractivity contribution in [3.63, 3.8) is 0 Å². The minimum Gasteiger partial charge on any atom is -0.480 e. The fourth-order valence-electron chi connectivity index (χ4n) is 3.78. The molecule has 0 aliphatic carbocycles. The topological polar surface area (TPSA) is 190 Å². The van der Waals surface area contributed by atoms with E-state index < -0.39 is 78.1 Å². The molecule has 2 N–H and O–H groups in total. The molecule has 0 radical (unpaired) electrons. The molecule has 0 aromatic rings. The van der Waals surface area contributed by atoms with Crippen molar-refractivity contribution < 1.29 is 62.3 Å². The normalized spacial score (nSPS) is 23.8. The molecule has 0 bridgehead atoms. The van der Waals surface area contributed by atoms with Gasteiger partial charge in [0.2, 0.25) is 0 Å². The Bertz CT molecular complexity index is 881. The minimum absolute atomic E-state index is 0.0541. The third-order valence-corrected chi connectivity index (χ3v) is 5.06. The van der Waals surface area contributed by atoms with Crippen molar-refractivity contribution in [2.24, 2.45) is 0 Å². The molecule has 1 saturated heterocycles. The number of hydrogen-bond donors (Lipinski definition) is 2. The SMILES string of the molecule is CC(=O)OC[C@H]1O[C@H](CCC[C@H](NC(=O)OC(C)(C)C)C(=O)O)[C@H](OC(C)=O)[C@@H](OC(C)=O)[C@H]1OC(C)=O. The van der Waals surface area contributed by atoms with E-state index in [1.54, 1.807) is 20.8 Å². The summed E-state index contributed by atoms with van der Waals surface area (Å²) in [6, 6.07) is -1.30. The maximum Gasteiger partial charge on any atom is 0.408 e. The Morgan fingerprint density at radius 2 is 1.32 bits per heavy atom. The van der Waals surface area contributed by atoms with Gasteiger partial charge in [-0.2, -0.15) is 0 Å². The number of carbonyl (C=O) groups excluding carboxylic acids is 5. The molecular formula is C24H37NO13. The van der Waals surface area contributed by atoms with Crippen LogP contribution in [0.15, 0.2) is 0 Å². The monoisotopic (exact) mass is 547 g/mol. The highest BCUT2D eigenvalue weighted by Gasteiger charge is 2.51. The van der Waals surface area contributed by atoms with Crippen LogP contribution >= 0.6 is 0 Å². The summed E-state index contributed by atoms with van der Waals surface area (Å²) in [5.74, 6) is -4.19. The Morgan fingerprint density at radius 3 is 1.76 bits per heavy atom. The lowest BCUT2D eigenvalue weighted by atomic mass is 9.91. The Hall–Kier alpha value is -3.42. The van der Waals surface area contributed by atoms with Gasteiger partial charge in [-0.1, -0.05) is 0 Å². The molecule has 1 rings (SSSR count). The second kappa shape index (κ2) is 14.5. The Balaban J connectivity index is 3.16. The predicted octanol–water partition coefficient (Wildman–Crippen LogP) is 1.26. The van der Waals surface area contributed by atoms with Crippen LogP contribution < -0.4 is 5.32 Å². The van der Waals surface area contributed by atoms with Crippen LogP contribution in [0, 0.1) is 0 Å². The van der Waals surface area contributed by atoms with Crippen molar-refractivity contribution in [3.05, 3.63) is 0 Å². The molecule has 0 spiro atoms. The van der Waals surface area contributed by atoms with E-state index in [0.717, 1.165) is 27.7 Å². The number of amides is 1. The van der Waals surface area contributed by atoms with Crippen LogP contribution in [0.1, 0.15) is 67.7 Å². The Labute approximate surface area is 220 Å². The van der Waals surface area contributed by atoms with Gasteiger partial charge in [-0.15, -0.1) is 0 Å². The molecule has 0 aromatic carbocycles. The van der Waals surface area contributed by atoms with Gasteiger partial charge in [0.15, 0.2) is 18.3 Å². The lowest BCUT2D eigenvalue weighted by molar-refractivity contribution is -0.253. The number of carboxylic acids is 1. The number of aliphatic carboxylic acids is 1. The summed E-state index contributed by atoms with van der Waals surface area (Å²) in [4.78, 5) is 70.7. The third-order valence-electron chi connectivity index (χ3n) is 5.06. The maximum absolute atomic E-state index is 12.0. The minimum atomic E-state index is -1.31. The number of ether oxygens (including phenoxy) is 6. The van der Waals surface area contributed by atoms with Crippen LogP contribution in [-0.2, 0) is 52.4 Å². The summed E-state index contributed by atoms with van der Waals surface area (Å²) < 4.78 is 32.2. The van der Waals surface area contributed by atoms with Crippen molar-refractivity contribution in [2.75, 3.05) is 6.61 Å². The summed E-state index contributed by atoms with van der Waals surface area (Å²) in [5.41, 5.74) is -0.832. The van der Waals surface area contributed by atoms with E-state index in [1.165, 1.54) is 0 Å². The summed E-state index contributed by atoms with van der Waals surface area (Å²) in [7, 11) is 0. The summed E-state index contributed by atoms with van der Waals surface area (Å²) in [5, 5.41) is 11.8. The second-order valence-corrected chi connectivity index (χ2v) is 9.71. The van der Waals surface area contributed by atoms with E-state index in [2.05, 4.69) is 5.32 Å². The molecule has 38 heavy (non-hydrogen) atoms. The van der Waals surface area contributed by atoms with Crippen molar-refractivity contribution in [2.45, 2.75) is 110 Å². The van der Waals surface area contributed by atoms with Crippen molar-refractivity contribution in [3.8, 4) is 0 Å². The highest BCUT2D eigenvalue weighted by atomic mass is 16.7. The molecule has 1 aliphatic rings. The molecule has 14 heteroatoms. The smallest absolute Gasteiger partial charge is 0.408 e. The quantitative estimate of drug-likeness (QED) is 0.278. The van der Waals surface area contributed by atoms with Crippen LogP contribution in [0.25, 0.3) is 0 Å². The van der Waals surface area contributed by atoms with Gasteiger partial charge in [0, 0.05) is 27.7 Å². The molecule has 1 amide bonds. The number of alkyl carbamates (subject to hydrolysis) is 1. The van der Waals surface area contributed by atoms with Gasteiger partial charge in [0.1, 0.15) is 24.4 Å². The number of nitrogens with one attached hydrogen (secondary N) is 1. The van der Waals surface area contributed by atoms with E-state index in [0.29, 0.717) is 0 Å². The van der Waals surface area contributed by atoms with Crippen LogP contribution in [-0.4, -0.2) is 89.8 Å². The van der Waals surface area contributed by atoms with Gasteiger partial charge < -0.3 is 38.8 Å². The average molecular weight is 548 g/mol. The molecule has 1 fully saturated rings. The first kappa shape index (κ1) is 32.6. The van der Waals surface area contributed by atoms with Gasteiger partial charge in [-0.25, -0.2) is 9.59 Å². The zero-order chi connectivity index (χ0) is 29.2. The molecule has 216 valence electrons. The average Bonchev–Trinajstić information content (AvgIpc) is 2.73. The van der Waals surface area contributed by atoms with Crippen LogP contribution in [0.4, 0.5) is 4.79 Å². The standard InChI is InChI=1S/C24H37NO13/c1-12(26)33-11-18-20(35-14(3)28)21(36-15(4)29)19(34-13(2)27)17(37-18)10-8-9-16(22(30)31)25-23(32)38-24(5,6)7/h16-21H,8-11H2,1-7H3,(H,25,32)(H,30,31)/t16-,17+,18+,19-,20-,21+/m0/s1. The van der Waals surface area contributed by atoms with E-state index >= 15 is 0 Å². The molecule has 6 atom stereocenters. The molecule has 0 aromatic heterocycles. The number of hydrogen-bond acceptors (Lipinski definition) is 12. The van der Waals surface area contributed by atoms with E-state index in [4.69, 9.17) is 28.4 Å². The van der Waals surface area contributed by atoms with Crippen LogP contribution in [0.2, 0.25) is 0 Å². The number of esters is 4. The molecule has 1 heterocycles. The number of carboxylic acid groups (broad SMARTS) is 1. The van der Waals surface area contributed by atoms with Gasteiger partial charge in [0.25, 0.3) is 0 Å². The van der Waals surface area contributed by atoms with E-state index in [-0.39, 0.29) is 25.9 Å². The van der Waals surface area contributed by atoms with Gasteiger partial charge in [-0.3, -0.25) is 19.2 Å². The van der Waals surface area contributed by atoms with Crippen molar-refractivity contribution in [1.29, 1.82) is 0 Å². The highest BCUT2D eigenvalue weighted by Crippen LogP contribution is 2.31. The molecule has 14 nitrogen and oxygen atoms in total. The van der Waals surface area contributed by atoms with E-state index in [1.807, 2.05) is 0 Å². The van der Waals surface area contributed by atoms with E-state index in [9.17, 15) is 33.9 Å². The van der Waals surface area contributed by atoms with Gasteiger partial charge >= 0.3 is 35.9 Å². The molecule has 0 saturated carbocycles. The van der Waals surface area contributed by atoms with Crippen molar-refractivity contribution >= 4 is 35.9 Å². The maximum atomic E-state index is 12.0. The fourth-order valence-corrected chi connectivity index (χ4v) is 3.78. The Morgan fingerprint density at radius 1 is 0.816 bits per heavy atom. The summed E-state index contributed by atoms with van der Waals surface area (Å²) in [6.07, 6.45) is -6.66. The first-order chi connectivity index (χ1) is 17.5. The van der Waals surface area contributed by atoms with Crippen LogP contribution in [0.5, 0.6) is 0 Å². The summed E-state index contributed by atoms with van der Waals surface area (Å²) >= 11 is 0. The van der Waals surface area contributed by atoms with Crippen molar-refractivity contribution in [1.82, 2.24) is 5.32 Å². The number of carbonyl (C=O) groups is 6. The summed E-state index contributed by atoms with van der Waals surface area (Å²) in [6.45, 7) is 9.04. The van der Waals surface area contributed by atoms with Gasteiger partial charge in [-0.05, 0) is 40.0 Å². The predicted molar refractivity (Wildman–Crippen MR) is 127 cm³/mol. The first-order valence-corrected chi connectivity index (χ1v) is 12.0. The Kier molecular flexibility index (Phi) is 12.4. The lowest BCUT2D eigenvalue weighted by Gasteiger charge is -2.44. The third kappa shape index (κ3) is 11.8. The highest BCUT2D eigenvalue weighted by molar-refractivity contribution is 5.80. The molecule has 0 unspecified atom stereocenters. The fraction of sp³-hybridized carbons (Fsp3) is 0.750. The largest absolute Gasteiger partial charge is 0.480 e. The zero-order valence-electron chi connectivity index (χ0n) is 22.6. The lowest BCUT2D eigenvalue weighted by Crippen LogP contribution is -2.62. The van der Waals surface area contributed by atoms with Crippen LogP contribution in [0.3, 0.4) is 0 Å². The second-order valence-electron chi connectivity index (χ2n) is 9.71. The number of rotatable bonds is 11.